The molecule has 5 nitrogen and oxygen atoms in total. The van der Waals surface area contributed by atoms with Gasteiger partial charge in [-0.25, -0.2) is 9.78 Å². The van der Waals surface area contributed by atoms with Gasteiger partial charge in [-0.05, 0) is 31.9 Å². The van der Waals surface area contributed by atoms with Crippen molar-refractivity contribution in [2.75, 3.05) is 0 Å². The molecule has 0 spiro atoms. The van der Waals surface area contributed by atoms with E-state index in [0.29, 0.717) is 5.56 Å². The van der Waals surface area contributed by atoms with Crippen LogP contribution in [0, 0.1) is 20.8 Å². The number of hydrogen-bond donors (Lipinski definition) is 0. The van der Waals surface area contributed by atoms with Gasteiger partial charge in [-0.1, -0.05) is 17.7 Å². The van der Waals surface area contributed by atoms with Gasteiger partial charge in [0, 0.05) is 12.4 Å². The van der Waals surface area contributed by atoms with Crippen LogP contribution < -0.4 is 0 Å². The van der Waals surface area contributed by atoms with Crippen LogP contribution in [-0.4, -0.2) is 15.3 Å². The Kier molecular flexibility index (Phi) is 3.86. The lowest BCUT2D eigenvalue weighted by molar-refractivity contribution is 0.0745. The molecule has 0 aliphatic rings. The Balaban J connectivity index is 2.24. The summed E-state index contributed by atoms with van der Waals surface area (Å²) in [6, 6.07) is 3.80. The Bertz CT molecular complexity index is 612. The number of carbonyl (C=O) groups is 1. The van der Waals surface area contributed by atoms with Crippen molar-refractivity contribution >= 4 is 14.1 Å². The first-order chi connectivity index (χ1) is 8.99. The Morgan fingerprint density at radius 3 is 2.42 bits per heavy atom. The summed E-state index contributed by atoms with van der Waals surface area (Å²) in [6.07, 6.45) is 4.35. The van der Waals surface area contributed by atoms with Gasteiger partial charge < -0.3 is 4.52 Å². The number of aromatic nitrogens is 2. The van der Waals surface area contributed by atoms with Crippen molar-refractivity contribution in [3.63, 3.8) is 0 Å². The summed E-state index contributed by atoms with van der Waals surface area (Å²) < 4.78 is 18.1. The zero-order chi connectivity index (χ0) is 14.0. The maximum Gasteiger partial charge on any atom is 0.344 e. The van der Waals surface area contributed by atoms with Gasteiger partial charge in [-0.15, -0.1) is 0 Å². The van der Waals surface area contributed by atoms with Gasteiger partial charge in [0.25, 0.3) is 0 Å². The first-order valence-electron chi connectivity index (χ1n) is 5.81. The molecule has 100 valence electrons. The Hall–Kier alpha value is -1.87. The SMILES string of the molecule is Cc1cc(C)c(C(=O)O[PH](=O)n2ccnc2)c(C)c1. The Morgan fingerprint density at radius 2 is 1.89 bits per heavy atom. The monoisotopic (exact) mass is 278 g/mol. The average Bonchev–Trinajstić information content (AvgIpc) is 2.80. The van der Waals surface area contributed by atoms with Gasteiger partial charge in [0.1, 0.15) is 6.33 Å². The van der Waals surface area contributed by atoms with E-state index in [9.17, 15) is 9.36 Å². The molecule has 1 heterocycles. The molecule has 2 rings (SSSR count). The van der Waals surface area contributed by atoms with Crippen molar-refractivity contribution in [3.05, 3.63) is 53.1 Å². The third kappa shape index (κ3) is 2.93. The largest absolute Gasteiger partial charge is 0.394 e. The quantitative estimate of drug-likeness (QED) is 0.810. The minimum Gasteiger partial charge on any atom is -0.394 e. The fraction of sp³-hybridized carbons (Fsp3) is 0.231. The van der Waals surface area contributed by atoms with Crippen LogP contribution in [0.4, 0.5) is 0 Å². The van der Waals surface area contributed by atoms with E-state index in [1.807, 2.05) is 32.9 Å². The summed E-state index contributed by atoms with van der Waals surface area (Å²) in [4.78, 5) is 15.8. The molecule has 0 saturated carbocycles. The maximum absolute atomic E-state index is 12.1. The molecule has 1 atom stereocenters. The van der Waals surface area contributed by atoms with E-state index in [1.165, 1.54) is 23.1 Å². The highest BCUT2D eigenvalue weighted by Crippen LogP contribution is 2.28. The van der Waals surface area contributed by atoms with Gasteiger partial charge in [-0.2, -0.15) is 0 Å². The van der Waals surface area contributed by atoms with Crippen molar-refractivity contribution in [3.8, 4) is 0 Å². The Labute approximate surface area is 112 Å². The van der Waals surface area contributed by atoms with Gasteiger partial charge in [-0.3, -0.25) is 8.90 Å². The summed E-state index contributed by atoms with van der Waals surface area (Å²) >= 11 is 0. The summed E-state index contributed by atoms with van der Waals surface area (Å²) in [5.41, 5.74) is 3.20. The molecule has 1 unspecified atom stereocenters. The standard InChI is InChI=1S/C13H15N2O3P/c1-9-6-10(2)12(11(3)7-9)13(16)18-19(17)15-5-4-14-8-15/h4-8,19H,1-3H3. The van der Waals surface area contributed by atoms with Crippen LogP contribution in [0.5, 0.6) is 0 Å². The molecule has 0 N–H and O–H groups in total. The molecule has 0 fully saturated rings. The van der Waals surface area contributed by atoms with Crippen molar-refractivity contribution in [1.82, 2.24) is 9.32 Å². The highest BCUT2D eigenvalue weighted by atomic mass is 31.1. The van der Waals surface area contributed by atoms with Crippen molar-refractivity contribution in [1.29, 1.82) is 0 Å². The fourth-order valence-electron chi connectivity index (χ4n) is 2.05. The first kappa shape index (κ1) is 13.6. The van der Waals surface area contributed by atoms with Crippen molar-refractivity contribution in [2.45, 2.75) is 20.8 Å². The maximum atomic E-state index is 12.1. The molecule has 1 aromatic heterocycles. The zero-order valence-electron chi connectivity index (χ0n) is 11.0. The highest BCUT2D eigenvalue weighted by molar-refractivity contribution is 7.38. The topological polar surface area (TPSA) is 61.2 Å². The summed E-state index contributed by atoms with van der Waals surface area (Å²) in [7, 11) is -2.66. The smallest absolute Gasteiger partial charge is 0.344 e. The number of imidazole rings is 1. The molecule has 0 bridgehead atoms. The molecule has 6 heteroatoms. The molecule has 0 amide bonds. The molecule has 19 heavy (non-hydrogen) atoms. The number of hydrogen-bond acceptors (Lipinski definition) is 4. The second kappa shape index (κ2) is 5.41. The van der Waals surface area contributed by atoms with Crippen LogP contribution in [0.3, 0.4) is 0 Å². The lowest BCUT2D eigenvalue weighted by Crippen LogP contribution is -2.07. The minimum absolute atomic E-state index is 0.476. The molecule has 0 saturated heterocycles. The van der Waals surface area contributed by atoms with Crippen LogP contribution >= 0.6 is 8.18 Å². The predicted molar refractivity (Wildman–Crippen MR) is 72.7 cm³/mol. The van der Waals surface area contributed by atoms with Gasteiger partial charge >= 0.3 is 14.1 Å². The van der Waals surface area contributed by atoms with E-state index in [4.69, 9.17) is 4.52 Å². The number of aryl methyl sites for hydroxylation is 3. The molecule has 0 radical (unpaired) electrons. The van der Waals surface area contributed by atoms with Crippen molar-refractivity contribution < 1.29 is 13.9 Å². The lowest BCUT2D eigenvalue weighted by atomic mass is 10.0. The molecule has 0 aliphatic heterocycles. The van der Waals surface area contributed by atoms with E-state index in [0.717, 1.165) is 16.7 Å². The van der Waals surface area contributed by atoms with E-state index in [-0.39, 0.29) is 0 Å². The van der Waals surface area contributed by atoms with Crippen molar-refractivity contribution in [2.24, 2.45) is 0 Å². The number of nitrogens with zero attached hydrogens (tertiary/aromatic N) is 2. The van der Waals surface area contributed by atoms with Gasteiger partial charge in [0.15, 0.2) is 0 Å². The molecule has 0 aliphatic carbocycles. The van der Waals surface area contributed by atoms with E-state index in [2.05, 4.69) is 4.98 Å². The highest BCUT2D eigenvalue weighted by Gasteiger charge is 2.17. The molecule has 1 aromatic carbocycles. The fourth-order valence-corrected chi connectivity index (χ4v) is 2.77. The zero-order valence-corrected chi connectivity index (χ0v) is 12.0. The molecular formula is C13H15N2O3P. The number of benzene rings is 1. The third-order valence-electron chi connectivity index (χ3n) is 2.78. The molecule has 2 aromatic rings. The summed E-state index contributed by atoms with van der Waals surface area (Å²) in [5.74, 6) is -0.562. The van der Waals surface area contributed by atoms with E-state index < -0.39 is 14.1 Å². The predicted octanol–water partition coefficient (Wildman–Crippen LogP) is 2.90. The number of rotatable bonds is 3. The normalized spacial score (nSPS) is 12.2. The second-order valence-electron chi connectivity index (χ2n) is 4.40. The van der Waals surface area contributed by atoms with Gasteiger partial charge in [0.05, 0.1) is 5.56 Å². The van der Waals surface area contributed by atoms with E-state index in [1.54, 1.807) is 0 Å². The summed E-state index contributed by atoms with van der Waals surface area (Å²) in [6.45, 7) is 5.64. The van der Waals surface area contributed by atoms with Crippen LogP contribution in [0.15, 0.2) is 30.9 Å². The lowest BCUT2D eigenvalue weighted by Gasteiger charge is -2.11. The Morgan fingerprint density at radius 1 is 1.26 bits per heavy atom. The van der Waals surface area contributed by atoms with Crippen LogP contribution in [-0.2, 0) is 9.09 Å². The minimum atomic E-state index is -2.66. The van der Waals surface area contributed by atoms with Gasteiger partial charge in [0.2, 0.25) is 0 Å². The first-order valence-corrected chi connectivity index (χ1v) is 7.07. The third-order valence-corrected chi connectivity index (χ3v) is 3.82. The van der Waals surface area contributed by atoms with Crippen LogP contribution in [0.1, 0.15) is 27.0 Å². The average molecular weight is 278 g/mol. The van der Waals surface area contributed by atoms with Crippen LogP contribution in [0.25, 0.3) is 0 Å². The van der Waals surface area contributed by atoms with E-state index >= 15 is 0 Å². The number of carbonyl (C=O) groups excluding carboxylic acids is 1. The summed E-state index contributed by atoms with van der Waals surface area (Å²) in [5, 5.41) is 0. The molecular weight excluding hydrogens is 263 g/mol. The second-order valence-corrected chi connectivity index (χ2v) is 5.65. The van der Waals surface area contributed by atoms with Crippen LogP contribution in [0.2, 0.25) is 0 Å².